The Morgan fingerprint density at radius 3 is 2.65 bits per heavy atom. The summed E-state index contributed by atoms with van der Waals surface area (Å²) in [6.45, 7) is 3.33. The van der Waals surface area contributed by atoms with Gasteiger partial charge >= 0.3 is 0 Å². The Bertz CT molecular complexity index is 736. The number of aromatic nitrogens is 4. The van der Waals surface area contributed by atoms with Crippen molar-refractivity contribution in [2.45, 2.75) is 25.0 Å². The van der Waals surface area contributed by atoms with E-state index in [0.717, 1.165) is 37.4 Å². The maximum absolute atomic E-state index is 12.6. The predicted molar refractivity (Wildman–Crippen MR) is 101 cm³/mol. The summed E-state index contributed by atoms with van der Waals surface area (Å²) in [5, 5.41) is 12.3. The number of piperazine rings is 1. The number of carbonyl (C=O) groups excluding carboxylic acids is 1. The molecule has 0 unspecified atom stereocenters. The molecule has 0 bridgehead atoms. The van der Waals surface area contributed by atoms with Crippen LogP contribution in [-0.2, 0) is 9.53 Å². The lowest BCUT2D eigenvalue weighted by Crippen LogP contribution is -2.51. The van der Waals surface area contributed by atoms with Gasteiger partial charge < -0.3 is 20.3 Å². The third-order valence-electron chi connectivity index (χ3n) is 4.71. The average Bonchev–Trinajstić information content (AvgIpc) is 3.29. The van der Waals surface area contributed by atoms with Crippen LogP contribution in [0.5, 0.6) is 0 Å². The number of nitrogens with zero attached hydrogens (tertiary/aromatic N) is 6. The van der Waals surface area contributed by atoms with Crippen molar-refractivity contribution in [2.75, 3.05) is 37.6 Å². The highest BCUT2D eigenvalue weighted by Gasteiger charge is 2.34. The van der Waals surface area contributed by atoms with E-state index in [-0.39, 0.29) is 42.9 Å². The number of rotatable bonds is 3. The van der Waals surface area contributed by atoms with E-state index in [1.165, 1.54) is 0 Å². The summed E-state index contributed by atoms with van der Waals surface area (Å²) in [4.78, 5) is 16.6. The molecule has 4 heterocycles. The molecule has 0 radical (unpaired) electrons. The van der Waals surface area contributed by atoms with E-state index >= 15 is 0 Å². The Kier molecular flexibility index (Phi) is 6.99. The Balaban J connectivity index is 0.00000121. The van der Waals surface area contributed by atoms with Gasteiger partial charge in [0.15, 0.2) is 5.65 Å². The van der Waals surface area contributed by atoms with Gasteiger partial charge in [0.2, 0.25) is 0 Å². The minimum Gasteiger partial charge on any atom is -0.364 e. The molecule has 2 atom stereocenters. The van der Waals surface area contributed by atoms with Gasteiger partial charge in [0.05, 0.1) is 6.10 Å². The van der Waals surface area contributed by atoms with Crippen LogP contribution >= 0.6 is 24.8 Å². The summed E-state index contributed by atoms with van der Waals surface area (Å²) in [6.07, 6.45) is 2.93. The van der Waals surface area contributed by atoms with Gasteiger partial charge in [-0.2, -0.15) is 4.52 Å². The van der Waals surface area contributed by atoms with Crippen LogP contribution in [0.3, 0.4) is 0 Å². The van der Waals surface area contributed by atoms with Crippen LogP contribution in [0.1, 0.15) is 12.8 Å². The molecule has 2 N–H and O–H groups in total. The number of hydrogen-bond donors (Lipinski definition) is 1. The minimum absolute atomic E-state index is 0. The molecule has 2 aliphatic heterocycles. The van der Waals surface area contributed by atoms with Crippen molar-refractivity contribution in [3.63, 3.8) is 0 Å². The van der Waals surface area contributed by atoms with Crippen molar-refractivity contribution in [1.29, 1.82) is 0 Å². The number of carbonyl (C=O) groups is 1. The predicted octanol–water partition coefficient (Wildman–Crippen LogP) is 0.123. The van der Waals surface area contributed by atoms with Gasteiger partial charge in [-0.15, -0.1) is 40.1 Å². The first-order chi connectivity index (χ1) is 11.7. The quantitative estimate of drug-likeness (QED) is 0.776. The van der Waals surface area contributed by atoms with E-state index < -0.39 is 0 Å². The molecular formula is C15H23Cl2N7O2. The highest BCUT2D eigenvalue weighted by Crippen LogP contribution is 2.22. The molecule has 144 valence electrons. The molecule has 2 aliphatic rings. The van der Waals surface area contributed by atoms with Crippen LogP contribution in [0.15, 0.2) is 18.5 Å². The van der Waals surface area contributed by atoms with Crippen molar-refractivity contribution >= 4 is 42.2 Å². The number of nitrogens with two attached hydrogens (primary N) is 1. The SMILES string of the molecule is Cl.Cl.NC[C@H]1CC[C@@H](C(=O)N2CCN(c3ccc4nncn4n3)CC2)O1. The third-order valence-corrected chi connectivity index (χ3v) is 4.71. The van der Waals surface area contributed by atoms with Gasteiger partial charge in [-0.3, -0.25) is 4.79 Å². The molecule has 11 heteroatoms. The van der Waals surface area contributed by atoms with Crippen LogP contribution in [-0.4, -0.2) is 75.6 Å². The first kappa shape index (κ1) is 20.6. The second-order valence-corrected chi connectivity index (χ2v) is 6.20. The van der Waals surface area contributed by atoms with Crippen LogP contribution in [0, 0.1) is 0 Å². The first-order valence-corrected chi connectivity index (χ1v) is 8.31. The van der Waals surface area contributed by atoms with Gasteiger partial charge in [0.1, 0.15) is 18.2 Å². The molecule has 2 aromatic rings. The fourth-order valence-electron chi connectivity index (χ4n) is 3.31. The molecule has 0 saturated carbocycles. The molecule has 4 rings (SSSR count). The molecule has 0 spiro atoms. The molecule has 1 amide bonds. The van der Waals surface area contributed by atoms with Crippen molar-refractivity contribution in [3.05, 3.63) is 18.5 Å². The molecule has 2 saturated heterocycles. The molecule has 9 nitrogen and oxygen atoms in total. The maximum atomic E-state index is 12.6. The van der Waals surface area contributed by atoms with Crippen LogP contribution < -0.4 is 10.6 Å². The first-order valence-electron chi connectivity index (χ1n) is 8.31. The molecule has 2 aromatic heterocycles. The molecule has 0 aromatic carbocycles. The molecule has 0 aliphatic carbocycles. The number of anilines is 1. The van der Waals surface area contributed by atoms with Crippen molar-refractivity contribution in [3.8, 4) is 0 Å². The number of hydrogen-bond acceptors (Lipinski definition) is 7. The lowest BCUT2D eigenvalue weighted by Gasteiger charge is -2.36. The average molecular weight is 404 g/mol. The summed E-state index contributed by atoms with van der Waals surface area (Å²) in [5.41, 5.74) is 6.34. The standard InChI is InChI=1S/C15H21N7O2.2ClH/c16-9-11-1-2-12(24-11)15(23)21-7-5-20(6-8-21)14-4-3-13-18-17-10-22(13)19-14;;/h3-4,10-12H,1-2,5-9,16H2;2*1H/t11-,12+;;/m1../s1. The second kappa shape index (κ2) is 8.81. The maximum Gasteiger partial charge on any atom is 0.251 e. The van der Waals surface area contributed by atoms with Crippen LogP contribution in [0.4, 0.5) is 5.82 Å². The summed E-state index contributed by atoms with van der Waals surface area (Å²) >= 11 is 0. The smallest absolute Gasteiger partial charge is 0.251 e. The summed E-state index contributed by atoms with van der Waals surface area (Å²) in [6, 6.07) is 3.83. The lowest BCUT2D eigenvalue weighted by molar-refractivity contribution is -0.143. The number of amides is 1. The van der Waals surface area contributed by atoms with E-state index in [0.29, 0.717) is 19.6 Å². The fourth-order valence-corrected chi connectivity index (χ4v) is 3.31. The zero-order chi connectivity index (χ0) is 16.5. The Morgan fingerprint density at radius 2 is 1.96 bits per heavy atom. The normalized spacial score (nSPS) is 22.8. The van der Waals surface area contributed by atoms with E-state index in [9.17, 15) is 4.79 Å². The zero-order valence-electron chi connectivity index (χ0n) is 14.2. The van der Waals surface area contributed by atoms with Gasteiger partial charge in [-0.25, -0.2) is 0 Å². The van der Waals surface area contributed by atoms with E-state index in [2.05, 4.69) is 20.2 Å². The van der Waals surface area contributed by atoms with E-state index in [1.54, 1.807) is 10.8 Å². The van der Waals surface area contributed by atoms with Gasteiger partial charge in [0, 0.05) is 32.7 Å². The number of ether oxygens (including phenoxy) is 1. The fraction of sp³-hybridized carbons (Fsp3) is 0.600. The van der Waals surface area contributed by atoms with Crippen molar-refractivity contribution < 1.29 is 9.53 Å². The lowest BCUT2D eigenvalue weighted by atomic mass is 10.1. The van der Waals surface area contributed by atoms with E-state index in [4.69, 9.17) is 10.5 Å². The molecule has 2 fully saturated rings. The third kappa shape index (κ3) is 4.01. The van der Waals surface area contributed by atoms with Crippen molar-refractivity contribution in [2.24, 2.45) is 5.73 Å². The Morgan fingerprint density at radius 1 is 1.19 bits per heavy atom. The summed E-state index contributed by atoms with van der Waals surface area (Å²) in [5.74, 6) is 0.961. The van der Waals surface area contributed by atoms with Crippen LogP contribution in [0.25, 0.3) is 5.65 Å². The molecule has 26 heavy (non-hydrogen) atoms. The minimum atomic E-state index is -0.323. The zero-order valence-corrected chi connectivity index (χ0v) is 15.9. The highest BCUT2D eigenvalue weighted by molar-refractivity contribution is 5.85. The van der Waals surface area contributed by atoms with Gasteiger partial charge in [-0.1, -0.05) is 0 Å². The summed E-state index contributed by atoms with van der Waals surface area (Å²) < 4.78 is 7.38. The monoisotopic (exact) mass is 403 g/mol. The van der Waals surface area contributed by atoms with Crippen molar-refractivity contribution in [1.82, 2.24) is 24.7 Å². The Hall–Kier alpha value is -1.68. The van der Waals surface area contributed by atoms with E-state index in [1.807, 2.05) is 17.0 Å². The second-order valence-electron chi connectivity index (χ2n) is 6.20. The van der Waals surface area contributed by atoms with Gasteiger partial charge in [0.25, 0.3) is 5.91 Å². The highest BCUT2D eigenvalue weighted by atomic mass is 35.5. The number of fused-ring (bicyclic) bond motifs is 1. The Labute approximate surface area is 163 Å². The van der Waals surface area contributed by atoms with Crippen LogP contribution in [0.2, 0.25) is 0 Å². The number of halogens is 2. The topological polar surface area (TPSA) is 102 Å². The molecular weight excluding hydrogens is 381 g/mol. The van der Waals surface area contributed by atoms with Gasteiger partial charge in [-0.05, 0) is 25.0 Å². The largest absolute Gasteiger partial charge is 0.364 e. The summed E-state index contributed by atoms with van der Waals surface area (Å²) in [7, 11) is 0.